The fourth-order valence-electron chi connectivity index (χ4n) is 2.72. The molecule has 1 fully saturated rings. The number of carbonyl (C=O) groups excluding carboxylic acids is 1. The lowest BCUT2D eigenvalue weighted by Gasteiger charge is -2.31. The quantitative estimate of drug-likeness (QED) is 0.635. The summed E-state index contributed by atoms with van der Waals surface area (Å²) in [7, 11) is 1.64. The van der Waals surface area contributed by atoms with Crippen molar-refractivity contribution in [3.8, 4) is 5.75 Å². The molecule has 0 spiro atoms. The zero-order valence-electron chi connectivity index (χ0n) is 12.7. The number of methoxy groups -OCH3 is 1. The van der Waals surface area contributed by atoms with Crippen LogP contribution in [0.25, 0.3) is 5.57 Å². The first-order valence-corrected chi connectivity index (χ1v) is 7.39. The second kappa shape index (κ2) is 6.06. The highest BCUT2D eigenvalue weighted by Gasteiger charge is 2.37. The number of carbonyl (C=O) groups is 1. The third-order valence-corrected chi connectivity index (χ3v) is 3.87. The topological polar surface area (TPSA) is 35.5 Å². The molecule has 1 aliphatic rings. The van der Waals surface area contributed by atoms with Gasteiger partial charge >= 0.3 is 5.97 Å². The SMILES string of the molecule is CCC1OC(=O)/C1=C(/c1ccccc1)c1ccc(OC)cc1. The Morgan fingerprint density at radius 3 is 2.23 bits per heavy atom. The highest BCUT2D eigenvalue weighted by molar-refractivity contribution is 6.06. The molecule has 1 saturated heterocycles. The third kappa shape index (κ3) is 2.50. The molecule has 112 valence electrons. The molecule has 3 heteroatoms. The van der Waals surface area contributed by atoms with Gasteiger partial charge in [0.25, 0.3) is 0 Å². The van der Waals surface area contributed by atoms with Crippen LogP contribution in [0.2, 0.25) is 0 Å². The maximum atomic E-state index is 12.0. The van der Waals surface area contributed by atoms with E-state index in [1.807, 2.05) is 61.5 Å². The number of hydrogen-bond acceptors (Lipinski definition) is 3. The summed E-state index contributed by atoms with van der Waals surface area (Å²) in [5, 5.41) is 0. The summed E-state index contributed by atoms with van der Waals surface area (Å²) in [4.78, 5) is 12.0. The molecule has 1 atom stereocenters. The molecule has 0 N–H and O–H groups in total. The van der Waals surface area contributed by atoms with E-state index >= 15 is 0 Å². The fourth-order valence-corrected chi connectivity index (χ4v) is 2.72. The molecule has 22 heavy (non-hydrogen) atoms. The molecule has 2 aromatic carbocycles. The van der Waals surface area contributed by atoms with Crippen molar-refractivity contribution in [2.24, 2.45) is 0 Å². The number of rotatable bonds is 4. The van der Waals surface area contributed by atoms with Gasteiger partial charge in [-0.3, -0.25) is 0 Å². The minimum atomic E-state index is -0.221. The molecular weight excluding hydrogens is 276 g/mol. The van der Waals surface area contributed by atoms with Gasteiger partial charge in [-0.2, -0.15) is 0 Å². The van der Waals surface area contributed by atoms with Crippen LogP contribution in [0.3, 0.4) is 0 Å². The van der Waals surface area contributed by atoms with E-state index in [-0.39, 0.29) is 12.1 Å². The van der Waals surface area contributed by atoms with Crippen molar-refractivity contribution in [2.75, 3.05) is 7.11 Å². The Bertz CT molecular complexity index is 699. The number of esters is 1. The second-order valence-corrected chi connectivity index (χ2v) is 5.19. The molecule has 0 aliphatic carbocycles. The predicted octanol–water partition coefficient (Wildman–Crippen LogP) is 3.83. The van der Waals surface area contributed by atoms with Crippen molar-refractivity contribution in [3.63, 3.8) is 0 Å². The van der Waals surface area contributed by atoms with Crippen molar-refractivity contribution in [1.82, 2.24) is 0 Å². The zero-order valence-corrected chi connectivity index (χ0v) is 12.7. The largest absolute Gasteiger partial charge is 0.497 e. The van der Waals surface area contributed by atoms with E-state index in [0.29, 0.717) is 0 Å². The van der Waals surface area contributed by atoms with E-state index in [1.165, 1.54) is 0 Å². The van der Waals surface area contributed by atoms with Gasteiger partial charge in [0.05, 0.1) is 12.7 Å². The summed E-state index contributed by atoms with van der Waals surface area (Å²) in [6.07, 6.45) is 0.665. The molecule has 0 bridgehead atoms. The third-order valence-electron chi connectivity index (χ3n) is 3.87. The molecular formula is C19H18O3. The Kier molecular flexibility index (Phi) is 3.96. The van der Waals surface area contributed by atoms with Crippen molar-refractivity contribution >= 4 is 11.5 Å². The number of ether oxygens (including phenoxy) is 2. The molecule has 0 amide bonds. The Hall–Kier alpha value is -2.55. The molecule has 0 aromatic heterocycles. The van der Waals surface area contributed by atoms with Gasteiger partial charge in [0.15, 0.2) is 0 Å². The van der Waals surface area contributed by atoms with Crippen LogP contribution < -0.4 is 4.74 Å². The number of hydrogen-bond donors (Lipinski definition) is 0. The van der Waals surface area contributed by atoms with Crippen LogP contribution in [-0.4, -0.2) is 19.2 Å². The first-order valence-electron chi connectivity index (χ1n) is 7.39. The number of cyclic esters (lactones) is 1. The van der Waals surface area contributed by atoms with Crippen LogP contribution in [0.1, 0.15) is 24.5 Å². The molecule has 1 unspecified atom stereocenters. The van der Waals surface area contributed by atoms with Gasteiger partial charge in [-0.25, -0.2) is 4.79 Å². The molecule has 0 radical (unpaired) electrons. The lowest BCUT2D eigenvalue weighted by Crippen LogP contribution is -2.37. The highest BCUT2D eigenvalue weighted by atomic mass is 16.6. The minimum absolute atomic E-state index is 0.121. The van der Waals surface area contributed by atoms with E-state index in [2.05, 4.69) is 0 Å². The lowest BCUT2D eigenvalue weighted by molar-refractivity contribution is -0.155. The summed E-state index contributed by atoms with van der Waals surface area (Å²) >= 11 is 0. The molecule has 0 saturated carbocycles. The first kappa shape index (κ1) is 14.4. The van der Waals surface area contributed by atoms with Gasteiger partial charge in [-0.1, -0.05) is 49.4 Å². The van der Waals surface area contributed by atoms with Gasteiger partial charge in [0, 0.05) is 5.57 Å². The molecule has 3 nitrogen and oxygen atoms in total. The zero-order chi connectivity index (χ0) is 15.5. The van der Waals surface area contributed by atoms with E-state index in [1.54, 1.807) is 7.11 Å². The van der Waals surface area contributed by atoms with Gasteiger partial charge in [0.1, 0.15) is 11.9 Å². The average Bonchev–Trinajstić information content (AvgIpc) is 2.58. The van der Waals surface area contributed by atoms with Crippen LogP contribution in [0.4, 0.5) is 0 Å². The van der Waals surface area contributed by atoms with Crippen molar-refractivity contribution in [1.29, 1.82) is 0 Å². The maximum Gasteiger partial charge on any atom is 0.339 e. The average molecular weight is 294 g/mol. The fraction of sp³-hybridized carbons (Fsp3) is 0.211. The minimum Gasteiger partial charge on any atom is -0.497 e. The molecule has 2 aromatic rings. The summed E-state index contributed by atoms with van der Waals surface area (Å²) in [6, 6.07) is 17.7. The highest BCUT2D eigenvalue weighted by Crippen LogP contribution is 2.36. The second-order valence-electron chi connectivity index (χ2n) is 5.19. The van der Waals surface area contributed by atoms with Gasteiger partial charge in [0.2, 0.25) is 0 Å². The van der Waals surface area contributed by atoms with Gasteiger partial charge in [-0.15, -0.1) is 0 Å². The Labute approximate surface area is 130 Å². The summed E-state index contributed by atoms with van der Waals surface area (Å²) in [5.41, 5.74) is 3.74. The van der Waals surface area contributed by atoms with Crippen molar-refractivity contribution in [2.45, 2.75) is 19.4 Å². The predicted molar refractivity (Wildman–Crippen MR) is 85.6 cm³/mol. The Balaban J connectivity index is 2.15. The van der Waals surface area contributed by atoms with Crippen molar-refractivity contribution < 1.29 is 14.3 Å². The van der Waals surface area contributed by atoms with Crippen LogP contribution in [0.15, 0.2) is 60.2 Å². The smallest absolute Gasteiger partial charge is 0.339 e. The summed E-state index contributed by atoms with van der Waals surface area (Å²) in [6.45, 7) is 2.02. The standard InChI is InChI=1S/C19H18O3/c1-3-16-18(19(20)22-16)17(13-7-5-4-6-8-13)14-9-11-15(21-2)12-10-14/h4-12,16H,3H2,1-2H3/b18-17-. The lowest BCUT2D eigenvalue weighted by atomic mass is 9.87. The summed E-state index contributed by atoms with van der Waals surface area (Å²) in [5.74, 6) is 0.575. The van der Waals surface area contributed by atoms with Gasteiger partial charge in [-0.05, 0) is 29.7 Å². The van der Waals surface area contributed by atoms with Crippen LogP contribution in [0.5, 0.6) is 5.75 Å². The summed E-state index contributed by atoms with van der Waals surface area (Å²) < 4.78 is 10.5. The van der Waals surface area contributed by atoms with Gasteiger partial charge < -0.3 is 9.47 Å². The van der Waals surface area contributed by atoms with E-state index < -0.39 is 0 Å². The number of benzene rings is 2. The Morgan fingerprint density at radius 1 is 1.05 bits per heavy atom. The van der Waals surface area contributed by atoms with E-state index in [0.717, 1.165) is 34.4 Å². The molecule has 3 rings (SSSR count). The van der Waals surface area contributed by atoms with E-state index in [4.69, 9.17) is 9.47 Å². The van der Waals surface area contributed by atoms with Crippen molar-refractivity contribution in [3.05, 3.63) is 71.3 Å². The molecule has 1 heterocycles. The normalized spacial score (nSPS) is 19.2. The monoisotopic (exact) mass is 294 g/mol. The van der Waals surface area contributed by atoms with Crippen LogP contribution in [-0.2, 0) is 9.53 Å². The Morgan fingerprint density at radius 2 is 1.68 bits per heavy atom. The van der Waals surface area contributed by atoms with Crippen LogP contribution in [0, 0.1) is 0 Å². The first-order chi connectivity index (χ1) is 10.7. The maximum absolute atomic E-state index is 12.0. The molecule has 1 aliphatic heterocycles. The van der Waals surface area contributed by atoms with Crippen LogP contribution >= 0.6 is 0 Å². The van der Waals surface area contributed by atoms with E-state index in [9.17, 15) is 4.79 Å².